The fourth-order valence-corrected chi connectivity index (χ4v) is 2.72. The van der Waals surface area contributed by atoms with E-state index in [2.05, 4.69) is 90.1 Å². The maximum Gasteiger partial charge on any atom is -0.0195 e. The van der Waals surface area contributed by atoms with E-state index in [0.29, 0.717) is 0 Å². The third kappa shape index (κ3) is 3.76. The van der Waals surface area contributed by atoms with Crippen LogP contribution in [0.15, 0.2) is 47.5 Å². The molecule has 2 aromatic rings. The Morgan fingerprint density at radius 3 is 1.91 bits per heavy atom. The smallest absolute Gasteiger partial charge is 0.0195 e. The summed E-state index contributed by atoms with van der Waals surface area (Å²) in [5, 5.41) is 0. The average molecular weight is 290 g/mol. The topological polar surface area (TPSA) is 0 Å². The van der Waals surface area contributed by atoms with Gasteiger partial charge in [-0.2, -0.15) is 0 Å². The number of benzene rings is 2. The van der Waals surface area contributed by atoms with Crippen molar-refractivity contribution in [2.24, 2.45) is 0 Å². The molecule has 0 spiro atoms. The zero-order chi connectivity index (χ0) is 16.3. The van der Waals surface area contributed by atoms with Gasteiger partial charge in [0.2, 0.25) is 0 Å². The highest BCUT2D eigenvalue weighted by molar-refractivity contribution is 5.68. The molecule has 0 amide bonds. The summed E-state index contributed by atoms with van der Waals surface area (Å²) in [6, 6.07) is 13.1. The lowest BCUT2D eigenvalue weighted by atomic mass is 9.96. The molecule has 0 fully saturated rings. The molecule has 0 aromatic heterocycles. The summed E-state index contributed by atoms with van der Waals surface area (Å²) in [6.07, 6.45) is 4.59. The van der Waals surface area contributed by atoms with Crippen LogP contribution in [-0.4, -0.2) is 0 Å². The van der Waals surface area contributed by atoms with Crippen molar-refractivity contribution in [3.8, 4) is 0 Å². The predicted molar refractivity (Wildman–Crippen MR) is 99.1 cm³/mol. The predicted octanol–water partition coefficient (Wildman–Crippen LogP) is 6.43. The van der Waals surface area contributed by atoms with Crippen molar-refractivity contribution in [3.05, 3.63) is 80.9 Å². The van der Waals surface area contributed by atoms with Crippen LogP contribution in [0.3, 0.4) is 0 Å². The summed E-state index contributed by atoms with van der Waals surface area (Å²) in [4.78, 5) is 0. The van der Waals surface area contributed by atoms with Gasteiger partial charge in [-0.15, -0.1) is 0 Å². The monoisotopic (exact) mass is 290 g/mol. The van der Waals surface area contributed by atoms with Gasteiger partial charge >= 0.3 is 0 Å². The first-order chi connectivity index (χ1) is 10.4. The highest BCUT2D eigenvalue weighted by Gasteiger charge is 2.02. The van der Waals surface area contributed by atoms with Crippen LogP contribution in [0.2, 0.25) is 0 Å². The van der Waals surface area contributed by atoms with Crippen LogP contribution in [0.4, 0.5) is 0 Å². The molecule has 0 aliphatic rings. The lowest BCUT2D eigenvalue weighted by Crippen LogP contribution is -1.89. The molecule has 0 bridgehead atoms. The van der Waals surface area contributed by atoms with Gasteiger partial charge in [-0.05, 0) is 80.5 Å². The second-order valence-corrected chi connectivity index (χ2v) is 6.32. The largest absolute Gasteiger partial charge is 0.0617 e. The molecule has 2 rings (SSSR count). The Morgan fingerprint density at radius 1 is 0.727 bits per heavy atom. The van der Waals surface area contributed by atoms with E-state index in [4.69, 9.17) is 0 Å². The standard InChI is InChI=1S/C22H26/c1-15-10-11-21(20(6)12-15)13-18(4)19(5)14-22-16(2)8-7-9-17(22)3/h7-14H,1-6H3. The maximum absolute atomic E-state index is 2.31. The van der Waals surface area contributed by atoms with Crippen LogP contribution in [-0.2, 0) is 0 Å². The van der Waals surface area contributed by atoms with Crippen LogP contribution >= 0.6 is 0 Å². The van der Waals surface area contributed by atoms with E-state index in [-0.39, 0.29) is 0 Å². The van der Waals surface area contributed by atoms with Crippen molar-refractivity contribution in [1.29, 1.82) is 0 Å². The minimum atomic E-state index is 1.30. The van der Waals surface area contributed by atoms with Gasteiger partial charge in [-0.25, -0.2) is 0 Å². The summed E-state index contributed by atoms with van der Waals surface area (Å²) in [5.41, 5.74) is 10.6. The zero-order valence-electron chi connectivity index (χ0n) is 14.6. The van der Waals surface area contributed by atoms with Crippen LogP contribution in [0.1, 0.15) is 47.2 Å². The summed E-state index contributed by atoms with van der Waals surface area (Å²) in [6.45, 7) is 13.1. The molecule has 22 heavy (non-hydrogen) atoms. The highest BCUT2D eigenvalue weighted by Crippen LogP contribution is 2.22. The first-order valence-electron chi connectivity index (χ1n) is 7.89. The fourth-order valence-electron chi connectivity index (χ4n) is 2.72. The fraction of sp³-hybridized carbons (Fsp3) is 0.273. The van der Waals surface area contributed by atoms with Crippen molar-refractivity contribution >= 4 is 12.2 Å². The minimum absolute atomic E-state index is 1.30. The summed E-state index contributed by atoms with van der Waals surface area (Å²) < 4.78 is 0. The molecule has 0 N–H and O–H groups in total. The molecular weight excluding hydrogens is 264 g/mol. The lowest BCUT2D eigenvalue weighted by molar-refractivity contribution is 1.32. The summed E-state index contributed by atoms with van der Waals surface area (Å²) >= 11 is 0. The molecule has 0 heterocycles. The Balaban J connectivity index is 2.37. The summed E-state index contributed by atoms with van der Waals surface area (Å²) in [7, 11) is 0. The van der Waals surface area contributed by atoms with Crippen molar-refractivity contribution < 1.29 is 0 Å². The van der Waals surface area contributed by atoms with Crippen molar-refractivity contribution in [2.75, 3.05) is 0 Å². The van der Waals surface area contributed by atoms with E-state index < -0.39 is 0 Å². The highest BCUT2D eigenvalue weighted by atomic mass is 14.1. The Kier molecular flexibility index (Phi) is 5.03. The molecule has 0 saturated carbocycles. The third-order valence-electron chi connectivity index (χ3n) is 4.32. The van der Waals surface area contributed by atoms with Crippen LogP contribution < -0.4 is 0 Å². The average Bonchev–Trinajstić information content (AvgIpc) is 2.45. The van der Waals surface area contributed by atoms with Gasteiger partial charge in [-0.1, -0.05) is 54.1 Å². The van der Waals surface area contributed by atoms with E-state index >= 15 is 0 Å². The van der Waals surface area contributed by atoms with Gasteiger partial charge in [0.15, 0.2) is 0 Å². The lowest BCUT2D eigenvalue weighted by Gasteiger charge is -2.09. The Labute approximate surface area is 135 Å². The van der Waals surface area contributed by atoms with E-state index in [1.54, 1.807) is 0 Å². The maximum atomic E-state index is 2.31. The molecular formula is C22H26. The molecule has 0 nitrogen and oxygen atoms in total. The molecule has 0 atom stereocenters. The molecule has 2 aromatic carbocycles. The van der Waals surface area contributed by atoms with Crippen molar-refractivity contribution in [2.45, 2.75) is 41.5 Å². The van der Waals surface area contributed by atoms with E-state index in [1.807, 2.05) is 0 Å². The second-order valence-electron chi connectivity index (χ2n) is 6.32. The molecule has 0 unspecified atom stereocenters. The second kappa shape index (κ2) is 6.79. The first-order valence-corrected chi connectivity index (χ1v) is 7.89. The minimum Gasteiger partial charge on any atom is -0.0617 e. The van der Waals surface area contributed by atoms with Gasteiger partial charge < -0.3 is 0 Å². The van der Waals surface area contributed by atoms with E-state index in [1.165, 1.54) is 44.5 Å². The van der Waals surface area contributed by atoms with Gasteiger partial charge in [-0.3, -0.25) is 0 Å². The first kappa shape index (κ1) is 16.3. The van der Waals surface area contributed by atoms with Gasteiger partial charge in [0.1, 0.15) is 0 Å². The summed E-state index contributed by atoms with van der Waals surface area (Å²) in [5.74, 6) is 0. The molecule has 0 aliphatic carbocycles. The molecule has 0 aliphatic heterocycles. The zero-order valence-corrected chi connectivity index (χ0v) is 14.6. The van der Waals surface area contributed by atoms with E-state index in [0.717, 1.165) is 0 Å². The van der Waals surface area contributed by atoms with Crippen LogP contribution in [0.25, 0.3) is 12.2 Å². The Morgan fingerprint density at radius 2 is 1.32 bits per heavy atom. The van der Waals surface area contributed by atoms with Gasteiger partial charge in [0.05, 0.1) is 0 Å². The van der Waals surface area contributed by atoms with Crippen LogP contribution in [0, 0.1) is 27.7 Å². The number of rotatable bonds is 3. The SMILES string of the molecule is CC(=Cc1ccc(C)cc1C)C(C)=Cc1c(C)cccc1C. The van der Waals surface area contributed by atoms with Gasteiger partial charge in [0.25, 0.3) is 0 Å². The molecule has 0 heteroatoms. The molecule has 0 radical (unpaired) electrons. The Bertz CT molecular complexity index is 722. The van der Waals surface area contributed by atoms with Crippen LogP contribution in [0.5, 0.6) is 0 Å². The van der Waals surface area contributed by atoms with Crippen molar-refractivity contribution in [1.82, 2.24) is 0 Å². The normalized spacial score (nSPS) is 12.6. The van der Waals surface area contributed by atoms with Gasteiger partial charge in [0, 0.05) is 0 Å². The Hall–Kier alpha value is -2.08. The number of hydrogen-bond donors (Lipinski definition) is 0. The van der Waals surface area contributed by atoms with Crippen molar-refractivity contribution in [3.63, 3.8) is 0 Å². The van der Waals surface area contributed by atoms with E-state index in [9.17, 15) is 0 Å². The number of allylic oxidation sites excluding steroid dienone is 2. The number of aryl methyl sites for hydroxylation is 4. The molecule has 0 saturated heterocycles. The quantitative estimate of drug-likeness (QED) is 0.572. The third-order valence-corrected chi connectivity index (χ3v) is 4.32. The number of hydrogen-bond acceptors (Lipinski definition) is 0. The molecule has 114 valence electrons.